The van der Waals surface area contributed by atoms with E-state index in [0.29, 0.717) is 11.3 Å². The van der Waals surface area contributed by atoms with Gasteiger partial charge in [0.1, 0.15) is 5.70 Å². The molecule has 0 aliphatic carbocycles. The summed E-state index contributed by atoms with van der Waals surface area (Å²) in [7, 11) is -2.13. The average molecular weight is 238 g/mol. The first-order valence-corrected chi connectivity index (χ1v) is 6.06. The molecule has 0 aromatic heterocycles. The largest absolute Gasteiger partial charge is 0.271 e. The zero-order valence-corrected chi connectivity index (χ0v) is 9.65. The lowest BCUT2D eigenvalue weighted by Gasteiger charge is -2.27. The number of benzene rings is 1. The highest BCUT2D eigenvalue weighted by molar-refractivity contribution is 7.89. The van der Waals surface area contributed by atoms with Gasteiger partial charge >= 0.3 is 0 Å². The van der Waals surface area contributed by atoms with Gasteiger partial charge in [-0.15, -0.1) is 4.91 Å². The van der Waals surface area contributed by atoms with E-state index in [1.807, 2.05) is 0 Å². The highest BCUT2D eigenvalue weighted by Crippen LogP contribution is 2.35. The normalized spacial score (nSPS) is 18.2. The van der Waals surface area contributed by atoms with E-state index in [2.05, 4.69) is 5.18 Å². The van der Waals surface area contributed by atoms with Crippen LogP contribution in [0.15, 0.2) is 40.0 Å². The average Bonchev–Trinajstić information content (AvgIpc) is 2.28. The molecule has 0 saturated heterocycles. The highest BCUT2D eigenvalue weighted by atomic mass is 32.2. The van der Waals surface area contributed by atoms with Crippen molar-refractivity contribution in [2.75, 3.05) is 7.05 Å². The van der Waals surface area contributed by atoms with Gasteiger partial charge in [0, 0.05) is 12.6 Å². The summed E-state index contributed by atoms with van der Waals surface area (Å²) in [4.78, 5) is 10.9. The van der Waals surface area contributed by atoms with E-state index in [0.717, 1.165) is 4.31 Å². The summed E-state index contributed by atoms with van der Waals surface area (Å²) >= 11 is 0. The van der Waals surface area contributed by atoms with Crippen LogP contribution in [-0.2, 0) is 10.0 Å². The molecular formula is C10H10N2O3S. The Labute approximate surface area is 93.4 Å². The molecule has 1 aromatic carbocycles. The van der Waals surface area contributed by atoms with Crippen molar-refractivity contribution in [2.24, 2.45) is 5.18 Å². The quantitative estimate of drug-likeness (QED) is 0.700. The molecule has 0 fully saturated rings. The first kappa shape index (κ1) is 10.8. The van der Waals surface area contributed by atoms with Gasteiger partial charge in [-0.05, 0) is 18.2 Å². The van der Waals surface area contributed by atoms with E-state index in [4.69, 9.17) is 0 Å². The molecule has 0 N–H and O–H groups in total. The molecule has 0 atom stereocenters. The number of rotatable bonds is 1. The second kappa shape index (κ2) is 3.41. The number of nitroso groups, excluding NO2 is 1. The molecule has 1 aliphatic heterocycles. The molecule has 2 rings (SSSR count). The maximum absolute atomic E-state index is 12.0. The molecule has 0 unspecified atom stereocenters. The summed E-state index contributed by atoms with van der Waals surface area (Å²) in [5.74, 6) is 0. The standard InChI is InChI=1S/C10H10N2O3S/c1-7-10(11-13)8-5-3-4-6-9(8)16(14,15)12(7)2/h3-6H,1-2H3. The van der Waals surface area contributed by atoms with Crippen LogP contribution in [0.5, 0.6) is 0 Å². The first-order valence-electron chi connectivity index (χ1n) is 4.62. The van der Waals surface area contributed by atoms with Gasteiger partial charge in [-0.1, -0.05) is 18.2 Å². The molecule has 84 valence electrons. The molecule has 16 heavy (non-hydrogen) atoms. The van der Waals surface area contributed by atoms with Crippen LogP contribution in [0, 0.1) is 4.91 Å². The Bertz CT molecular complexity index is 590. The lowest BCUT2D eigenvalue weighted by molar-refractivity contribution is 0.520. The summed E-state index contributed by atoms with van der Waals surface area (Å²) in [6.45, 7) is 1.56. The maximum Gasteiger partial charge on any atom is 0.264 e. The Morgan fingerprint density at radius 3 is 2.50 bits per heavy atom. The molecule has 0 amide bonds. The Morgan fingerprint density at radius 2 is 1.88 bits per heavy atom. The third-order valence-corrected chi connectivity index (χ3v) is 4.59. The zero-order chi connectivity index (χ0) is 11.9. The molecule has 0 spiro atoms. The number of allylic oxidation sites excluding steroid dienone is 1. The molecule has 1 aromatic rings. The van der Waals surface area contributed by atoms with Crippen molar-refractivity contribution in [3.63, 3.8) is 0 Å². The van der Waals surface area contributed by atoms with Gasteiger partial charge in [0.05, 0.1) is 10.6 Å². The van der Waals surface area contributed by atoms with Gasteiger partial charge in [0.2, 0.25) is 0 Å². The van der Waals surface area contributed by atoms with Gasteiger partial charge in [-0.2, -0.15) is 0 Å². The fourth-order valence-electron chi connectivity index (χ4n) is 1.67. The Hall–Kier alpha value is -1.69. The monoisotopic (exact) mass is 238 g/mol. The van der Waals surface area contributed by atoms with E-state index in [-0.39, 0.29) is 10.6 Å². The first-order chi connectivity index (χ1) is 7.50. The Balaban J connectivity index is 2.88. The number of hydrogen-bond acceptors (Lipinski definition) is 4. The minimum atomic E-state index is -3.54. The van der Waals surface area contributed by atoms with Gasteiger partial charge in [-0.25, -0.2) is 8.42 Å². The minimum absolute atomic E-state index is 0.123. The molecule has 5 nitrogen and oxygen atoms in total. The van der Waals surface area contributed by atoms with Gasteiger partial charge in [-0.3, -0.25) is 4.31 Å². The predicted octanol–water partition coefficient (Wildman–Crippen LogP) is 1.78. The molecule has 1 heterocycles. The molecule has 0 radical (unpaired) electrons. The van der Waals surface area contributed by atoms with Crippen molar-refractivity contribution in [1.82, 2.24) is 4.31 Å². The van der Waals surface area contributed by atoms with Crippen LogP contribution in [0.1, 0.15) is 12.5 Å². The summed E-state index contributed by atoms with van der Waals surface area (Å²) in [5.41, 5.74) is 0.884. The third-order valence-electron chi connectivity index (χ3n) is 2.69. The van der Waals surface area contributed by atoms with Crippen LogP contribution in [0.4, 0.5) is 0 Å². The minimum Gasteiger partial charge on any atom is -0.271 e. The van der Waals surface area contributed by atoms with E-state index in [9.17, 15) is 13.3 Å². The van der Waals surface area contributed by atoms with Crippen molar-refractivity contribution < 1.29 is 8.42 Å². The Morgan fingerprint density at radius 1 is 1.25 bits per heavy atom. The third kappa shape index (κ3) is 1.26. The van der Waals surface area contributed by atoms with E-state index < -0.39 is 10.0 Å². The van der Waals surface area contributed by atoms with E-state index in [1.54, 1.807) is 25.1 Å². The number of sulfonamides is 1. The highest BCUT2D eigenvalue weighted by Gasteiger charge is 2.32. The van der Waals surface area contributed by atoms with Crippen molar-refractivity contribution in [2.45, 2.75) is 11.8 Å². The van der Waals surface area contributed by atoms with Gasteiger partial charge in [0.15, 0.2) is 0 Å². The van der Waals surface area contributed by atoms with Gasteiger partial charge in [0.25, 0.3) is 10.0 Å². The fraction of sp³-hybridized carbons (Fsp3) is 0.200. The molecular weight excluding hydrogens is 228 g/mol. The van der Waals surface area contributed by atoms with Crippen LogP contribution in [0.2, 0.25) is 0 Å². The summed E-state index contributed by atoms with van der Waals surface area (Å²) in [6, 6.07) is 6.35. The van der Waals surface area contributed by atoms with Crippen molar-refractivity contribution >= 4 is 15.7 Å². The van der Waals surface area contributed by atoms with Crippen molar-refractivity contribution in [3.8, 4) is 0 Å². The SMILES string of the molecule is CC1=C(N=O)c2ccccc2S(=O)(=O)N1C. The number of fused-ring (bicyclic) bond motifs is 1. The van der Waals surface area contributed by atoms with Crippen LogP contribution in [0.3, 0.4) is 0 Å². The van der Waals surface area contributed by atoms with Crippen molar-refractivity contribution in [1.29, 1.82) is 0 Å². The summed E-state index contributed by atoms with van der Waals surface area (Å²) in [6.07, 6.45) is 0. The van der Waals surface area contributed by atoms with E-state index in [1.165, 1.54) is 13.1 Å². The Kier molecular flexibility index (Phi) is 2.31. The molecule has 1 aliphatic rings. The second-order valence-corrected chi connectivity index (χ2v) is 5.43. The fourth-order valence-corrected chi connectivity index (χ4v) is 3.11. The van der Waals surface area contributed by atoms with Crippen molar-refractivity contribution in [3.05, 3.63) is 40.4 Å². The number of nitrogens with zero attached hydrogens (tertiary/aromatic N) is 2. The summed E-state index contributed by atoms with van der Waals surface area (Å²) in [5, 5.41) is 2.91. The predicted molar refractivity (Wildman–Crippen MR) is 59.8 cm³/mol. The van der Waals surface area contributed by atoms with Gasteiger partial charge < -0.3 is 0 Å². The van der Waals surface area contributed by atoms with Crippen LogP contribution >= 0.6 is 0 Å². The molecule has 0 bridgehead atoms. The second-order valence-electron chi connectivity index (χ2n) is 3.49. The lowest BCUT2D eigenvalue weighted by Crippen LogP contribution is -2.30. The smallest absolute Gasteiger partial charge is 0.264 e. The molecule has 6 heteroatoms. The summed E-state index contributed by atoms with van der Waals surface area (Å²) < 4.78 is 25.1. The van der Waals surface area contributed by atoms with Crippen LogP contribution < -0.4 is 0 Å². The molecule has 0 saturated carbocycles. The maximum atomic E-state index is 12.0. The number of hydrogen-bond donors (Lipinski definition) is 0. The van der Waals surface area contributed by atoms with Crippen LogP contribution in [-0.4, -0.2) is 19.8 Å². The topological polar surface area (TPSA) is 66.8 Å². The lowest BCUT2D eigenvalue weighted by atomic mass is 10.1. The zero-order valence-electron chi connectivity index (χ0n) is 8.84. The van der Waals surface area contributed by atoms with Crippen LogP contribution in [0.25, 0.3) is 5.70 Å². The van der Waals surface area contributed by atoms with E-state index >= 15 is 0 Å².